The zero-order chi connectivity index (χ0) is 15.6. The Balaban J connectivity index is 2.43. The molecule has 2 aromatic carbocycles. The predicted molar refractivity (Wildman–Crippen MR) is 77.2 cm³/mol. The fraction of sp³-hybridized carbons (Fsp3) is 0.200. The Morgan fingerprint density at radius 1 is 1.05 bits per heavy atom. The molecule has 21 heavy (non-hydrogen) atoms. The lowest BCUT2D eigenvalue weighted by atomic mass is 9.89. The third-order valence-electron chi connectivity index (χ3n) is 3.30. The first-order chi connectivity index (χ1) is 9.95. The maximum atomic E-state index is 13.9. The van der Waals surface area contributed by atoms with Crippen LogP contribution >= 0.6 is 15.9 Å². The van der Waals surface area contributed by atoms with Crippen LogP contribution in [0.15, 0.2) is 40.9 Å². The minimum absolute atomic E-state index is 0.0767. The molecule has 0 aromatic heterocycles. The summed E-state index contributed by atoms with van der Waals surface area (Å²) in [7, 11) is 0. The Bertz CT molecular complexity index is 651. The third kappa shape index (κ3) is 3.28. The summed E-state index contributed by atoms with van der Waals surface area (Å²) >= 11 is 3.05. The van der Waals surface area contributed by atoms with Gasteiger partial charge in [-0.1, -0.05) is 18.2 Å². The quantitative estimate of drug-likeness (QED) is 0.875. The van der Waals surface area contributed by atoms with Gasteiger partial charge in [0.25, 0.3) is 0 Å². The summed E-state index contributed by atoms with van der Waals surface area (Å²) in [6, 6.07) is 7.24. The number of halogens is 4. The smallest absolute Gasteiger partial charge is 0.137 e. The van der Waals surface area contributed by atoms with Gasteiger partial charge in [-0.2, -0.15) is 0 Å². The van der Waals surface area contributed by atoms with Crippen molar-refractivity contribution in [3.05, 3.63) is 69.4 Å². The summed E-state index contributed by atoms with van der Waals surface area (Å²) in [5, 5.41) is 10.4. The maximum Gasteiger partial charge on any atom is 0.137 e. The molecule has 0 heterocycles. The van der Waals surface area contributed by atoms with Gasteiger partial charge < -0.3 is 10.8 Å². The molecule has 0 aliphatic rings. The van der Waals surface area contributed by atoms with Crippen molar-refractivity contribution in [2.24, 2.45) is 5.73 Å². The number of nitrogens with two attached hydrogens (primary N) is 1. The molecule has 0 spiro atoms. The van der Waals surface area contributed by atoms with E-state index in [-0.39, 0.29) is 22.1 Å². The fourth-order valence-corrected chi connectivity index (χ4v) is 2.69. The van der Waals surface area contributed by atoms with Gasteiger partial charge in [0, 0.05) is 18.5 Å². The summed E-state index contributed by atoms with van der Waals surface area (Å²) in [5.74, 6) is -2.86. The van der Waals surface area contributed by atoms with Gasteiger partial charge in [0.05, 0.1) is 10.6 Å². The molecule has 3 N–H and O–H groups in total. The summed E-state index contributed by atoms with van der Waals surface area (Å²) < 4.78 is 40.4. The molecule has 6 heteroatoms. The van der Waals surface area contributed by atoms with Gasteiger partial charge >= 0.3 is 0 Å². The molecule has 112 valence electrons. The molecule has 0 bridgehead atoms. The van der Waals surface area contributed by atoms with Crippen LogP contribution in [-0.4, -0.2) is 11.7 Å². The zero-order valence-electron chi connectivity index (χ0n) is 10.9. The van der Waals surface area contributed by atoms with Gasteiger partial charge in [-0.25, -0.2) is 13.2 Å². The molecule has 0 radical (unpaired) electrons. The molecular weight excluding hydrogens is 347 g/mol. The Morgan fingerprint density at radius 2 is 1.76 bits per heavy atom. The second-order valence-corrected chi connectivity index (χ2v) is 5.39. The average molecular weight is 360 g/mol. The van der Waals surface area contributed by atoms with E-state index >= 15 is 0 Å². The number of hydrogen-bond acceptors (Lipinski definition) is 2. The van der Waals surface area contributed by atoms with Gasteiger partial charge in [0.15, 0.2) is 0 Å². The van der Waals surface area contributed by atoms with Crippen LogP contribution in [-0.2, 0) is 0 Å². The van der Waals surface area contributed by atoms with Gasteiger partial charge in [-0.05, 0) is 39.2 Å². The molecule has 2 unspecified atom stereocenters. The molecule has 0 saturated heterocycles. The van der Waals surface area contributed by atoms with Gasteiger partial charge in [0.1, 0.15) is 17.5 Å². The Labute approximate surface area is 128 Å². The molecule has 0 aliphatic carbocycles. The first-order valence-corrected chi connectivity index (χ1v) is 7.02. The number of aliphatic hydroxyl groups is 1. The maximum absolute atomic E-state index is 13.9. The first-order valence-electron chi connectivity index (χ1n) is 6.22. The zero-order valence-corrected chi connectivity index (χ0v) is 12.4. The molecule has 0 saturated carbocycles. The van der Waals surface area contributed by atoms with Crippen LogP contribution < -0.4 is 5.73 Å². The minimum Gasteiger partial charge on any atom is -0.388 e. The van der Waals surface area contributed by atoms with Crippen molar-refractivity contribution >= 4 is 15.9 Å². The van der Waals surface area contributed by atoms with E-state index in [0.717, 1.165) is 12.1 Å². The predicted octanol–water partition coefficient (Wildman–Crippen LogP) is 3.64. The third-order valence-corrected chi connectivity index (χ3v) is 4.13. The van der Waals surface area contributed by atoms with Crippen LogP contribution in [0.1, 0.15) is 23.1 Å². The van der Waals surface area contributed by atoms with Crippen LogP contribution in [0.2, 0.25) is 0 Å². The van der Waals surface area contributed by atoms with E-state index in [1.165, 1.54) is 24.3 Å². The fourth-order valence-electron chi connectivity index (χ4n) is 2.19. The number of hydrogen-bond donors (Lipinski definition) is 2. The van der Waals surface area contributed by atoms with Gasteiger partial charge in [-0.3, -0.25) is 0 Å². The molecule has 0 fully saturated rings. The molecule has 2 atom stereocenters. The van der Waals surface area contributed by atoms with Crippen molar-refractivity contribution in [3.63, 3.8) is 0 Å². The number of aliphatic hydroxyl groups excluding tert-OH is 1. The summed E-state index contributed by atoms with van der Waals surface area (Å²) in [6.45, 7) is -0.0767. The van der Waals surface area contributed by atoms with E-state index in [0.29, 0.717) is 0 Å². The van der Waals surface area contributed by atoms with Gasteiger partial charge in [-0.15, -0.1) is 0 Å². The SMILES string of the molecule is NCC(c1ccc(F)cc1F)C(O)c1cccc(F)c1Br. The topological polar surface area (TPSA) is 46.2 Å². The van der Waals surface area contributed by atoms with Crippen LogP contribution in [0.3, 0.4) is 0 Å². The van der Waals surface area contributed by atoms with Crippen molar-refractivity contribution in [1.29, 1.82) is 0 Å². The highest BCUT2D eigenvalue weighted by molar-refractivity contribution is 9.10. The molecule has 2 rings (SSSR count). The molecule has 0 amide bonds. The second kappa shape index (κ2) is 6.60. The highest BCUT2D eigenvalue weighted by Crippen LogP contribution is 2.36. The van der Waals surface area contributed by atoms with Crippen molar-refractivity contribution in [1.82, 2.24) is 0 Å². The highest BCUT2D eigenvalue weighted by Gasteiger charge is 2.26. The largest absolute Gasteiger partial charge is 0.388 e. The summed E-state index contributed by atoms with van der Waals surface area (Å²) in [4.78, 5) is 0. The Kier molecular flexibility index (Phi) is 5.03. The molecule has 2 aromatic rings. The summed E-state index contributed by atoms with van der Waals surface area (Å²) in [6.07, 6.45) is -1.22. The van der Waals surface area contributed by atoms with Crippen LogP contribution in [0.25, 0.3) is 0 Å². The Morgan fingerprint density at radius 3 is 2.38 bits per heavy atom. The molecule has 2 nitrogen and oxygen atoms in total. The Hall–Kier alpha value is -1.37. The van der Waals surface area contributed by atoms with Crippen LogP contribution in [0.4, 0.5) is 13.2 Å². The lowest BCUT2D eigenvalue weighted by Crippen LogP contribution is -2.21. The lowest BCUT2D eigenvalue weighted by molar-refractivity contribution is 0.144. The lowest BCUT2D eigenvalue weighted by Gasteiger charge is -2.23. The number of rotatable bonds is 4. The van der Waals surface area contributed by atoms with Crippen LogP contribution in [0.5, 0.6) is 0 Å². The van der Waals surface area contributed by atoms with E-state index < -0.39 is 29.5 Å². The highest BCUT2D eigenvalue weighted by atomic mass is 79.9. The van der Waals surface area contributed by atoms with Crippen molar-refractivity contribution in [2.75, 3.05) is 6.54 Å². The monoisotopic (exact) mass is 359 g/mol. The van der Waals surface area contributed by atoms with Gasteiger partial charge in [0.2, 0.25) is 0 Å². The van der Waals surface area contributed by atoms with Crippen molar-refractivity contribution < 1.29 is 18.3 Å². The standard InChI is InChI=1S/C15H13BrF3NO/c16-14-10(2-1-3-12(14)18)15(21)11(7-20)9-5-4-8(17)6-13(9)19/h1-6,11,15,21H,7,20H2. The van der Waals surface area contributed by atoms with E-state index in [1.807, 2.05) is 0 Å². The van der Waals surface area contributed by atoms with E-state index in [9.17, 15) is 18.3 Å². The average Bonchev–Trinajstić information content (AvgIpc) is 2.44. The van der Waals surface area contributed by atoms with Crippen molar-refractivity contribution in [3.8, 4) is 0 Å². The van der Waals surface area contributed by atoms with Crippen LogP contribution in [0, 0.1) is 17.5 Å². The van der Waals surface area contributed by atoms with E-state index in [4.69, 9.17) is 5.73 Å². The normalized spacial score (nSPS) is 14.0. The van der Waals surface area contributed by atoms with E-state index in [2.05, 4.69) is 15.9 Å². The van der Waals surface area contributed by atoms with E-state index in [1.54, 1.807) is 0 Å². The molecule has 0 aliphatic heterocycles. The second-order valence-electron chi connectivity index (χ2n) is 4.60. The van der Waals surface area contributed by atoms with Crippen molar-refractivity contribution in [2.45, 2.75) is 12.0 Å². The number of benzene rings is 2. The summed E-state index contributed by atoms with van der Waals surface area (Å²) in [5.41, 5.74) is 5.95. The first kappa shape index (κ1) is 16.0. The minimum atomic E-state index is -1.22. The molecular formula is C15H13BrF3NO.